The zero-order chi connectivity index (χ0) is 53.4. The molecule has 6 aromatic carbocycles. The van der Waals surface area contributed by atoms with Crippen molar-refractivity contribution in [1.29, 1.82) is 0 Å². The van der Waals surface area contributed by atoms with Crippen LogP contribution in [0.15, 0.2) is 158 Å². The molecule has 1 aromatic heterocycles. The van der Waals surface area contributed by atoms with Gasteiger partial charge in [-0.15, -0.1) is 15.0 Å². The molecule has 0 fully saturated rings. The van der Waals surface area contributed by atoms with Crippen LogP contribution in [-0.2, 0) is 28.4 Å². The van der Waals surface area contributed by atoms with Gasteiger partial charge in [0, 0.05) is 0 Å². The van der Waals surface area contributed by atoms with Crippen LogP contribution in [0.5, 0.6) is 35.3 Å². The molecule has 0 bridgehead atoms. The maximum Gasteiger partial charge on any atom is 0.337 e. The topological polar surface area (TPSA) is 298 Å². The standard InChI is InChI=1S/C51H39N9O15/c1-67-43(61)28-19-29(44(62)68-2)23-37(22-28)58-55-34-7-13-40(14-8-34)73-49-52-50(74-41-15-9-35(10-16-41)56-59-38-24-30(45(63)69-3)20-31(25-38)46(64)70-4)54-51(53-49)75-42-17-11-36(12-18-42)57-60-39-26-32(47(65)71-5)21-33(27-39)48(66)72-6/h7-27H,1-6H3. The molecule has 0 atom stereocenters. The molecule has 0 radical (unpaired) electrons. The van der Waals surface area contributed by atoms with E-state index in [9.17, 15) is 28.8 Å². The largest absolute Gasteiger partial charge is 0.465 e. The minimum Gasteiger partial charge on any atom is -0.465 e. The van der Waals surface area contributed by atoms with Crippen LogP contribution in [-0.4, -0.2) is 93.4 Å². The number of azo groups is 3. The minimum absolute atomic E-state index is 0.0674. The molecular formula is C51H39N9O15. The summed E-state index contributed by atoms with van der Waals surface area (Å²) in [5.41, 5.74) is 2.03. The molecule has 0 aliphatic rings. The number of carbonyl (C=O) groups excluding carboxylic acids is 6. The quantitative estimate of drug-likeness (QED) is 0.0438. The molecule has 0 saturated carbocycles. The van der Waals surface area contributed by atoms with E-state index in [0.29, 0.717) is 17.1 Å². The van der Waals surface area contributed by atoms with Gasteiger partial charge in [-0.05, 0) is 127 Å². The number of hydrogen-bond donors (Lipinski definition) is 0. The van der Waals surface area contributed by atoms with Crippen LogP contribution < -0.4 is 14.2 Å². The van der Waals surface area contributed by atoms with Gasteiger partial charge in [0.15, 0.2) is 0 Å². The first kappa shape index (κ1) is 52.2. The van der Waals surface area contributed by atoms with Crippen molar-refractivity contribution in [3.8, 4) is 35.3 Å². The summed E-state index contributed by atoms with van der Waals surface area (Å²) in [4.78, 5) is 86.4. The van der Waals surface area contributed by atoms with Crippen LogP contribution in [0, 0.1) is 0 Å². The number of carbonyl (C=O) groups is 6. The van der Waals surface area contributed by atoms with E-state index in [0.717, 1.165) is 0 Å². The molecule has 1 heterocycles. The zero-order valence-electron chi connectivity index (χ0n) is 40.3. The van der Waals surface area contributed by atoms with Crippen molar-refractivity contribution in [2.75, 3.05) is 42.7 Å². The van der Waals surface area contributed by atoms with Crippen molar-refractivity contribution < 1.29 is 71.4 Å². The fraction of sp³-hybridized carbons (Fsp3) is 0.118. The molecular weight excluding hydrogens is 979 g/mol. The fourth-order valence-corrected chi connectivity index (χ4v) is 6.28. The molecule has 75 heavy (non-hydrogen) atoms. The van der Waals surface area contributed by atoms with Gasteiger partial charge >= 0.3 is 53.8 Å². The number of hydrogen-bond acceptors (Lipinski definition) is 24. The van der Waals surface area contributed by atoms with Crippen molar-refractivity contribution in [2.24, 2.45) is 30.7 Å². The number of rotatable bonds is 18. The minimum atomic E-state index is -0.687. The Bertz CT molecular complexity index is 2920. The highest BCUT2D eigenvalue weighted by atomic mass is 16.5. The molecule has 0 spiro atoms. The lowest BCUT2D eigenvalue weighted by Gasteiger charge is -2.10. The van der Waals surface area contributed by atoms with E-state index < -0.39 is 35.8 Å². The highest BCUT2D eigenvalue weighted by Crippen LogP contribution is 2.32. The van der Waals surface area contributed by atoms with E-state index >= 15 is 0 Å². The normalized spacial score (nSPS) is 11.0. The third kappa shape index (κ3) is 14.0. The summed E-state index contributed by atoms with van der Waals surface area (Å²) in [6.07, 6.45) is 0. The van der Waals surface area contributed by atoms with Crippen LogP contribution in [0.1, 0.15) is 62.1 Å². The van der Waals surface area contributed by atoms with E-state index in [1.165, 1.54) is 97.3 Å². The molecule has 0 N–H and O–H groups in total. The van der Waals surface area contributed by atoms with Gasteiger partial charge in [0.2, 0.25) is 0 Å². The molecule has 0 aliphatic heterocycles. The molecule has 7 aromatic rings. The van der Waals surface area contributed by atoms with Crippen LogP contribution in [0.3, 0.4) is 0 Å². The van der Waals surface area contributed by atoms with Crippen LogP contribution in [0.2, 0.25) is 0 Å². The van der Waals surface area contributed by atoms with Gasteiger partial charge in [-0.2, -0.15) is 30.7 Å². The Labute approximate surface area is 424 Å². The molecule has 24 heteroatoms. The lowest BCUT2D eigenvalue weighted by molar-refractivity contribution is 0.0581. The van der Waals surface area contributed by atoms with Crippen molar-refractivity contribution in [1.82, 2.24) is 15.0 Å². The van der Waals surface area contributed by atoms with Crippen LogP contribution in [0.25, 0.3) is 0 Å². The summed E-state index contributed by atoms with van der Waals surface area (Å²) in [5.74, 6) is -3.39. The predicted octanol–water partition coefficient (Wildman–Crippen LogP) is 11.2. The summed E-state index contributed by atoms with van der Waals surface area (Å²) in [5, 5.41) is 25.1. The average Bonchev–Trinajstić information content (AvgIpc) is 3.44. The summed E-state index contributed by atoms with van der Waals surface area (Å²) >= 11 is 0. The van der Waals surface area contributed by atoms with Crippen molar-refractivity contribution in [2.45, 2.75) is 0 Å². The smallest absolute Gasteiger partial charge is 0.337 e. The number of benzene rings is 6. The third-order valence-corrected chi connectivity index (χ3v) is 9.83. The van der Waals surface area contributed by atoms with Crippen LogP contribution >= 0.6 is 0 Å². The Balaban J connectivity index is 1.12. The lowest BCUT2D eigenvalue weighted by Crippen LogP contribution is -2.06. The van der Waals surface area contributed by atoms with Gasteiger partial charge in [-0.25, -0.2) is 28.8 Å². The first-order chi connectivity index (χ1) is 36.3. The highest BCUT2D eigenvalue weighted by molar-refractivity contribution is 5.98. The molecule has 0 unspecified atom stereocenters. The second-order valence-corrected chi connectivity index (χ2v) is 14.8. The van der Waals surface area contributed by atoms with Crippen molar-refractivity contribution >= 4 is 69.9 Å². The number of methoxy groups -OCH3 is 6. The summed E-state index contributed by atoms with van der Waals surface area (Å²) in [6.45, 7) is 0. The molecule has 0 saturated heterocycles. The van der Waals surface area contributed by atoms with E-state index in [2.05, 4.69) is 45.6 Å². The molecule has 7 rings (SSSR count). The monoisotopic (exact) mass is 1020 g/mol. The molecule has 378 valence electrons. The Morgan fingerprint density at radius 3 is 0.653 bits per heavy atom. The van der Waals surface area contributed by atoms with E-state index in [-0.39, 0.29) is 85.7 Å². The number of esters is 6. The zero-order valence-corrected chi connectivity index (χ0v) is 40.3. The van der Waals surface area contributed by atoms with Gasteiger partial charge in [-0.1, -0.05) is 0 Å². The van der Waals surface area contributed by atoms with Crippen LogP contribution in [0.4, 0.5) is 34.1 Å². The fourth-order valence-electron chi connectivity index (χ4n) is 6.28. The van der Waals surface area contributed by atoms with E-state index in [1.807, 2.05) is 0 Å². The molecule has 0 amide bonds. The van der Waals surface area contributed by atoms with Gasteiger partial charge < -0.3 is 42.6 Å². The Morgan fingerprint density at radius 1 is 0.280 bits per heavy atom. The van der Waals surface area contributed by atoms with Gasteiger partial charge in [0.25, 0.3) is 0 Å². The SMILES string of the molecule is COC(=O)c1cc(N=Nc2ccc(Oc3nc(Oc4ccc(N=Nc5cc(C(=O)OC)cc(C(=O)OC)c5)cc4)nc(Oc4ccc(N=Nc5cc(C(=O)OC)cc(C(=O)OC)c5)cc4)n3)cc2)cc(C(=O)OC)c1. The third-order valence-electron chi connectivity index (χ3n) is 9.83. The van der Waals surface area contributed by atoms with Gasteiger partial charge in [0.1, 0.15) is 17.2 Å². The van der Waals surface area contributed by atoms with Gasteiger partial charge in [-0.3, -0.25) is 0 Å². The summed E-state index contributed by atoms with van der Waals surface area (Å²) in [6, 6.07) is 30.3. The Hall–Kier alpha value is -10.7. The van der Waals surface area contributed by atoms with E-state index in [1.54, 1.807) is 72.8 Å². The lowest BCUT2D eigenvalue weighted by atomic mass is 10.1. The number of aromatic nitrogens is 3. The first-order valence-corrected chi connectivity index (χ1v) is 21.6. The number of ether oxygens (including phenoxy) is 9. The highest BCUT2D eigenvalue weighted by Gasteiger charge is 2.18. The van der Waals surface area contributed by atoms with Crippen molar-refractivity contribution in [3.05, 3.63) is 161 Å². The van der Waals surface area contributed by atoms with Crippen molar-refractivity contribution in [3.63, 3.8) is 0 Å². The maximum atomic E-state index is 12.2. The second kappa shape index (κ2) is 24.5. The first-order valence-electron chi connectivity index (χ1n) is 21.6. The number of nitrogens with zero attached hydrogens (tertiary/aromatic N) is 9. The Morgan fingerprint density at radius 2 is 0.467 bits per heavy atom. The average molecular weight is 1020 g/mol. The maximum absolute atomic E-state index is 12.2. The van der Waals surface area contributed by atoms with Gasteiger partial charge in [0.05, 0.1) is 110 Å². The van der Waals surface area contributed by atoms with E-state index in [4.69, 9.17) is 42.6 Å². The second-order valence-electron chi connectivity index (χ2n) is 14.8. The summed E-state index contributed by atoms with van der Waals surface area (Å²) < 4.78 is 46.7. The summed E-state index contributed by atoms with van der Waals surface area (Å²) in [7, 11) is 7.23. The molecule has 24 nitrogen and oxygen atoms in total. The molecule has 0 aliphatic carbocycles. The Kier molecular flexibility index (Phi) is 17.0. The predicted molar refractivity (Wildman–Crippen MR) is 259 cm³/mol.